The maximum Gasteiger partial charge on any atom is 0.137 e. The SMILES string of the molecule is OC(Cc1cccc(F)c1Br)c1ccc(Br)cc1Cl. The third kappa shape index (κ3) is 3.57. The Bertz CT molecular complexity index is 604. The number of halogens is 4. The lowest BCUT2D eigenvalue weighted by molar-refractivity contribution is 0.178. The van der Waals surface area contributed by atoms with Crippen molar-refractivity contribution in [3.8, 4) is 0 Å². The van der Waals surface area contributed by atoms with Crippen LogP contribution in [-0.2, 0) is 6.42 Å². The van der Waals surface area contributed by atoms with Crippen LogP contribution in [0.1, 0.15) is 17.2 Å². The van der Waals surface area contributed by atoms with Crippen molar-refractivity contribution in [3.63, 3.8) is 0 Å². The predicted octanol–water partition coefficient (Wildman–Crippen LogP) is 5.28. The van der Waals surface area contributed by atoms with E-state index in [-0.39, 0.29) is 5.82 Å². The summed E-state index contributed by atoms with van der Waals surface area (Å²) in [5, 5.41) is 10.7. The largest absolute Gasteiger partial charge is 0.388 e. The van der Waals surface area contributed by atoms with Gasteiger partial charge in [0.1, 0.15) is 5.82 Å². The van der Waals surface area contributed by atoms with E-state index in [0.29, 0.717) is 27.0 Å². The van der Waals surface area contributed by atoms with Crippen LogP contribution in [0, 0.1) is 5.82 Å². The molecule has 0 fully saturated rings. The summed E-state index contributed by atoms with van der Waals surface area (Å²) in [6.45, 7) is 0. The van der Waals surface area contributed by atoms with E-state index in [0.717, 1.165) is 4.47 Å². The Morgan fingerprint density at radius 2 is 1.95 bits per heavy atom. The Labute approximate surface area is 132 Å². The molecule has 0 aliphatic rings. The molecule has 2 rings (SSSR count). The van der Waals surface area contributed by atoms with Crippen LogP contribution >= 0.6 is 43.5 Å². The number of benzene rings is 2. The molecule has 1 atom stereocenters. The quantitative estimate of drug-likeness (QED) is 0.733. The summed E-state index contributed by atoms with van der Waals surface area (Å²) in [4.78, 5) is 0. The molecule has 1 unspecified atom stereocenters. The number of aliphatic hydroxyl groups excluding tert-OH is 1. The van der Waals surface area contributed by atoms with E-state index < -0.39 is 6.10 Å². The van der Waals surface area contributed by atoms with Crippen LogP contribution in [0.15, 0.2) is 45.3 Å². The van der Waals surface area contributed by atoms with Gasteiger partial charge in [-0.3, -0.25) is 0 Å². The maximum absolute atomic E-state index is 13.4. The average molecular weight is 408 g/mol. The first kappa shape index (κ1) is 15.0. The van der Waals surface area contributed by atoms with Gasteiger partial charge in [0.2, 0.25) is 0 Å². The molecular weight excluding hydrogens is 398 g/mol. The number of hydrogen-bond acceptors (Lipinski definition) is 1. The molecule has 0 aliphatic heterocycles. The zero-order valence-corrected chi connectivity index (χ0v) is 13.6. The van der Waals surface area contributed by atoms with E-state index in [4.69, 9.17) is 11.6 Å². The minimum atomic E-state index is -0.779. The topological polar surface area (TPSA) is 20.2 Å². The van der Waals surface area contributed by atoms with Crippen molar-refractivity contribution in [2.45, 2.75) is 12.5 Å². The van der Waals surface area contributed by atoms with Crippen molar-refractivity contribution in [3.05, 3.63) is 67.3 Å². The second-order valence-corrected chi connectivity index (χ2v) is 6.21. The Morgan fingerprint density at radius 1 is 1.21 bits per heavy atom. The van der Waals surface area contributed by atoms with Crippen LogP contribution < -0.4 is 0 Å². The molecule has 1 nitrogen and oxygen atoms in total. The molecule has 0 amide bonds. The van der Waals surface area contributed by atoms with Crippen LogP contribution in [-0.4, -0.2) is 5.11 Å². The summed E-state index contributed by atoms with van der Waals surface area (Å²) in [6.07, 6.45) is -0.488. The highest BCUT2D eigenvalue weighted by molar-refractivity contribution is 9.10. The smallest absolute Gasteiger partial charge is 0.137 e. The highest BCUT2D eigenvalue weighted by Crippen LogP contribution is 2.30. The number of hydrogen-bond donors (Lipinski definition) is 1. The van der Waals surface area contributed by atoms with Gasteiger partial charge in [-0.1, -0.05) is 45.7 Å². The van der Waals surface area contributed by atoms with Crippen LogP contribution in [0.2, 0.25) is 5.02 Å². The summed E-state index contributed by atoms with van der Waals surface area (Å²) in [6, 6.07) is 10.0. The van der Waals surface area contributed by atoms with Crippen LogP contribution in [0.4, 0.5) is 4.39 Å². The van der Waals surface area contributed by atoms with Gasteiger partial charge in [0.05, 0.1) is 10.6 Å². The van der Waals surface area contributed by atoms with E-state index in [1.807, 2.05) is 6.07 Å². The zero-order valence-electron chi connectivity index (χ0n) is 9.71. The van der Waals surface area contributed by atoms with Crippen molar-refractivity contribution in [2.75, 3.05) is 0 Å². The van der Waals surface area contributed by atoms with Crippen LogP contribution in [0.5, 0.6) is 0 Å². The Hall–Kier alpha value is -0.420. The molecule has 0 aromatic heterocycles. The van der Waals surface area contributed by atoms with Crippen molar-refractivity contribution in [2.24, 2.45) is 0 Å². The summed E-state index contributed by atoms with van der Waals surface area (Å²) < 4.78 is 14.6. The van der Waals surface area contributed by atoms with Crippen LogP contribution in [0.3, 0.4) is 0 Å². The van der Waals surface area contributed by atoms with Gasteiger partial charge in [-0.15, -0.1) is 0 Å². The first-order valence-corrected chi connectivity index (χ1v) is 7.51. The van der Waals surface area contributed by atoms with E-state index in [2.05, 4.69) is 31.9 Å². The first-order chi connectivity index (χ1) is 8.99. The molecule has 0 saturated heterocycles. The molecule has 0 spiro atoms. The van der Waals surface area contributed by atoms with Crippen molar-refractivity contribution in [1.29, 1.82) is 0 Å². The molecule has 2 aromatic carbocycles. The lowest BCUT2D eigenvalue weighted by atomic mass is 10.0. The third-order valence-corrected chi connectivity index (χ3v) is 4.47. The minimum absolute atomic E-state index is 0.291. The monoisotopic (exact) mass is 406 g/mol. The Kier molecular flexibility index (Phi) is 5.01. The fraction of sp³-hybridized carbons (Fsp3) is 0.143. The van der Waals surface area contributed by atoms with Crippen LogP contribution in [0.25, 0.3) is 0 Å². The number of aliphatic hydroxyl groups is 1. The molecule has 19 heavy (non-hydrogen) atoms. The fourth-order valence-corrected chi connectivity index (χ4v) is 3.02. The molecule has 2 aromatic rings. The average Bonchev–Trinajstić information content (AvgIpc) is 2.34. The standard InChI is InChI=1S/C14H10Br2ClFO/c15-9-4-5-10(11(17)7-9)13(19)6-8-2-1-3-12(18)14(8)16/h1-5,7,13,19H,6H2. The van der Waals surface area contributed by atoms with E-state index in [1.165, 1.54) is 6.07 Å². The molecule has 0 radical (unpaired) electrons. The highest BCUT2D eigenvalue weighted by atomic mass is 79.9. The lowest BCUT2D eigenvalue weighted by Gasteiger charge is -2.14. The predicted molar refractivity (Wildman–Crippen MR) is 81.9 cm³/mol. The van der Waals surface area contributed by atoms with Gasteiger partial charge in [0.25, 0.3) is 0 Å². The Balaban J connectivity index is 2.25. The molecule has 1 N–H and O–H groups in total. The van der Waals surface area contributed by atoms with Crippen molar-refractivity contribution < 1.29 is 9.50 Å². The van der Waals surface area contributed by atoms with Gasteiger partial charge in [0, 0.05) is 15.9 Å². The second kappa shape index (κ2) is 6.35. The van der Waals surface area contributed by atoms with Gasteiger partial charge < -0.3 is 5.11 Å². The third-order valence-electron chi connectivity index (χ3n) is 2.77. The fourth-order valence-electron chi connectivity index (χ4n) is 1.80. The summed E-state index contributed by atoms with van der Waals surface area (Å²) in [5.41, 5.74) is 1.33. The molecule has 0 heterocycles. The van der Waals surface area contributed by atoms with Crippen molar-refractivity contribution >= 4 is 43.5 Å². The summed E-state index contributed by atoms with van der Waals surface area (Å²) >= 11 is 12.6. The second-order valence-electron chi connectivity index (χ2n) is 4.10. The molecule has 0 aliphatic carbocycles. The van der Waals surface area contributed by atoms with E-state index in [9.17, 15) is 9.50 Å². The zero-order chi connectivity index (χ0) is 14.0. The van der Waals surface area contributed by atoms with Gasteiger partial charge in [-0.05, 0) is 45.3 Å². The molecular formula is C14H10Br2ClFO. The maximum atomic E-state index is 13.4. The van der Waals surface area contributed by atoms with Crippen molar-refractivity contribution in [1.82, 2.24) is 0 Å². The molecule has 0 saturated carbocycles. The van der Waals surface area contributed by atoms with E-state index >= 15 is 0 Å². The van der Waals surface area contributed by atoms with E-state index in [1.54, 1.807) is 24.3 Å². The summed E-state index contributed by atoms with van der Waals surface area (Å²) in [5.74, 6) is -0.341. The Morgan fingerprint density at radius 3 is 2.63 bits per heavy atom. The summed E-state index contributed by atoms with van der Waals surface area (Å²) in [7, 11) is 0. The van der Waals surface area contributed by atoms with Gasteiger partial charge >= 0.3 is 0 Å². The molecule has 5 heteroatoms. The van der Waals surface area contributed by atoms with Gasteiger partial charge in [-0.2, -0.15) is 0 Å². The van der Waals surface area contributed by atoms with Gasteiger partial charge in [0.15, 0.2) is 0 Å². The highest BCUT2D eigenvalue weighted by Gasteiger charge is 2.15. The minimum Gasteiger partial charge on any atom is -0.388 e. The number of rotatable bonds is 3. The molecule has 0 bridgehead atoms. The lowest BCUT2D eigenvalue weighted by Crippen LogP contribution is -2.03. The normalized spacial score (nSPS) is 12.5. The molecule has 100 valence electrons. The first-order valence-electron chi connectivity index (χ1n) is 5.55. The van der Waals surface area contributed by atoms with Gasteiger partial charge in [-0.25, -0.2) is 4.39 Å².